The van der Waals surface area contributed by atoms with Gasteiger partial charge in [-0.05, 0) is 11.6 Å². The van der Waals surface area contributed by atoms with Gasteiger partial charge in [0.15, 0.2) is 11.6 Å². The standard InChI is InChI=1S/C16H12ClN3O6/c1-19-15-14(16(22)26-19)12(13-9(18-15)5-25-6-11(13)21)7-2-3-8(17)10(4-7)20(23)24/h2-4,12,18H,5-6H2,1H3. The summed E-state index contributed by atoms with van der Waals surface area (Å²) in [7, 11) is 1.55. The molecule has 4 rings (SSSR count). The predicted octanol–water partition coefficient (Wildman–Crippen LogP) is 1.95. The molecule has 9 nitrogen and oxygen atoms in total. The Bertz CT molecular complexity index is 1050. The molecule has 0 bridgehead atoms. The number of ketones is 1. The number of nitro groups is 1. The Morgan fingerprint density at radius 2 is 2.12 bits per heavy atom. The van der Waals surface area contributed by atoms with E-state index in [1.54, 1.807) is 13.1 Å². The van der Waals surface area contributed by atoms with Gasteiger partial charge in [-0.3, -0.25) is 14.9 Å². The van der Waals surface area contributed by atoms with Crippen molar-refractivity contribution in [2.24, 2.45) is 7.05 Å². The molecule has 0 radical (unpaired) electrons. The van der Waals surface area contributed by atoms with E-state index in [0.29, 0.717) is 22.7 Å². The van der Waals surface area contributed by atoms with Gasteiger partial charge in [0.1, 0.15) is 11.6 Å². The van der Waals surface area contributed by atoms with Crippen LogP contribution in [-0.4, -0.2) is 28.7 Å². The van der Waals surface area contributed by atoms with Crippen LogP contribution in [0.5, 0.6) is 0 Å². The summed E-state index contributed by atoms with van der Waals surface area (Å²) in [4.78, 5) is 35.5. The molecule has 26 heavy (non-hydrogen) atoms. The fraction of sp³-hybridized carbons (Fsp3) is 0.250. The molecule has 10 heteroatoms. The lowest BCUT2D eigenvalue weighted by molar-refractivity contribution is -0.384. The third-order valence-electron chi connectivity index (χ3n) is 4.46. The number of ether oxygens (including phenoxy) is 1. The van der Waals surface area contributed by atoms with Crippen molar-refractivity contribution < 1.29 is 19.0 Å². The second-order valence-electron chi connectivity index (χ2n) is 5.97. The molecule has 134 valence electrons. The Kier molecular flexibility index (Phi) is 3.70. The Hall–Kier alpha value is -2.91. The number of hydrogen-bond donors (Lipinski definition) is 1. The number of aromatic nitrogens is 1. The zero-order valence-corrected chi connectivity index (χ0v) is 14.2. The molecule has 2 aromatic rings. The number of nitrogens with one attached hydrogen (secondary N) is 1. The Balaban J connectivity index is 2.00. The first kappa shape index (κ1) is 16.6. The van der Waals surface area contributed by atoms with E-state index < -0.39 is 16.5 Å². The minimum atomic E-state index is -0.800. The van der Waals surface area contributed by atoms with Crippen molar-refractivity contribution in [3.05, 3.63) is 66.2 Å². The average Bonchev–Trinajstić information content (AvgIpc) is 2.88. The average molecular weight is 378 g/mol. The maximum atomic E-state index is 12.5. The van der Waals surface area contributed by atoms with Gasteiger partial charge >= 0.3 is 5.63 Å². The normalized spacial score (nSPS) is 19.0. The van der Waals surface area contributed by atoms with Gasteiger partial charge in [-0.15, -0.1) is 0 Å². The number of aryl methyl sites for hydroxylation is 1. The van der Waals surface area contributed by atoms with Crippen LogP contribution in [0.25, 0.3) is 0 Å². The minimum Gasteiger partial charge on any atom is -0.367 e. The van der Waals surface area contributed by atoms with Crippen molar-refractivity contribution in [2.45, 2.75) is 5.92 Å². The molecule has 2 aliphatic rings. The van der Waals surface area contributed by atoms with E-state index in [4.69, 9.17) is 20.9 Å². The SMILES string of the molecule is Cn1oc(=O)c2c1NC1=C(C(=O)COC1)C2c1ccc(Cl)c([N+](=O)[O-])c1. The summed E-state index contributed by atoms with van der Waals surface area (Å²) in [5.74, 6) is -0.712. The van der Waals surface area contributed by atoms with Crippen LogP contribution in [0.4, 0.5) is 11.5 Å². The second kappa shape index (κ2) is 5.82. The van der Waals surface area contributed by atoms with Crippen LogP contribution < -0.4 is 10.9 Å². The lowest BCUT2D eigenvalue weighted by Gasteiger charge is -2.31. The maximum Gasteiger partial charge on any atom is 0.363 e. The minimum absolute atomic E-state index is 0.0273. The summed E-state index contributed by atoms with van der Waals surface area (Å²) < 4.78 is 11.6. The number of fused-ring (bicyclic) bond motifs is 1. The molecule has 0 spiro atoms. The highest BCUT2D eigenvalue weighted by molar-refractivity contribution is 6.32. The Morgan fingerprint density at radius 3 is 2.85 bits per heavy atom. The van der Waals surface area contributed by atoms with E-state index in [9.17, 15) is 19.7 Å². The van der Waals surface area contributed by atoms with Gasteiger partial charge in [0.05, 0.1) is 28.7 Å². The molecule has 1 atom stereocenters. The van der Waals surface area contributed by atoms with Crippen molar-refractivity contribution in [2.75, 3.05) is 18.5 Å². The number of rotatable bonds is 2. The van der Waals surface area contributed by atoms with E-state index in [1.165, 1.54) is 16.9 Å². The molecule has 2 aliphatic heterocycles. The first-order valence-corrected chi connectivity index (χ1v) is 8.01. The summed E-state index contributed by atoms with van der Waals surface area (Å²) in [5, 5.41) is 14.2. The molecule has 1 unspecified atom stereocenters. The number of Topliss-reactive ketones (excluding diaryl/α,β-unsaturated/α-hetero) is 1. The zero-order chi connectivity index (χ0) is 18.6. The van der Waals surface area contributed by atoms with Crippen LogP contribution in [-0.2, 0) is 16.6 Å². The van der Waals surface area contributed by atoms with Gasteiger partial charge in [0.25, 0.3) is 5.69 Å². The highest BCUT2D eigenvalue weighted by Crippen LogP contribution is 2.43. The van der Waals surface area contributed by atoms with E-state index in [-0.39, 0.29) is 35.3 Å². The van der Waals surface area contributed by atoms with Crippen molar-refractivity contribution in [1.82, 2.24) is 4.74 Å². The third-order valence-corrected chi connectivity index (χ3v) is 4.78. The number of carbonyl (C=O) groups is 1. The van der Waals surface area contributed by atoms with E-state index in [2.05, 4.69) is 5.32 Å². The van der Waals surface area contributed by atoms with Crippen molar-refractivity contribution in [1.29, 1.82) is 0 Å². The lowest BCUT2D eigenvalue weighted by atomic mass is 9.80. The predicted molar refractivity (Wildman–Crippen MR) is 90.4 cm³/mol. The molecule has 0 aliphatic carbocycles. The number of hydrogen-bond acceptors (Lipinski definition) is 7. The Morgan fingerprint density at radius 1 is 1.35 bits per heavy atom. The van der Waals surface area contributed by atoms with Crippen LogP contribution in [0.2, 0.25) is 5.02 Å². The molecule has 1 aromatic carbocycles. The monoisotopic (exact) mass is 377 g/mol. The molecule has 1 aromatic heterocycles. The van der Waals surface area contributed by atoms with Gasteiger partial charge in [-0.2, -0.15) is 4.74 Å². The third kappa shape index (κ3) is 2.36. The van der Waals surface area contributed by atoms with Gasteiger partial charge in [-0.25, -0.2) is 4.79 Å². The first-order valence-electron chi connectivity index (χ1n) is 7.63. The zero-order valence-electron chi connectivity index (χ0n) is 13.4. The highest BCUT2D eigenvalue weighted by atomic mass is 35.5. The van der Waals surface area contributed by atoms with Crippen LogP contribution in [0, 0.1) is 10.1 Å². The van der Waals surface area contributed by atoms with E-state index >= 15 is 0 Å². The van der Waals surface area contributed by atoms with Gasteiger partial charge < -0.3 is 14.6 Å². The summed E-state index contributed by atoms with van der Waals surface area (Å²) >= 11 is 5.89. The number of anilines is 1. The van der Waals surface area contributed by atoms with Crippen molar-refractivity contribution in [3.63, 3.8) is 0 Å². The molecule has 0 amide bonds. The molecule has 3 heterocycles. The van der Waals surface area contributed by atoms with Gasteiger partial charge in [-0.1, -0.05) is 17.7 Å². The fourth-order valence-electron chi connectivity index (χ4n) is 3.36. The summed E-state index contributed by atoms with van der Waals surface area (Å²) in [5.41, 5.74) is 0.560. The summed E-state index contributed by atoms with van der Waals surface area (Å²) in [6.45, 7) is 0.0340. The topological polar surface area (TPSA) is 117 Å². The molecule has 1 N–H and O–H groups in total. The summed E-state index contributed by atoms with van der Waals surface area (Å²) in [6, 6.07) is 4.22. The first-order chi connectivity index (χ1) is 12.4. The molecule has 0 saturated heterocycles. The fourth-order valence-corrected chi connectivity index (χ4v) is 3.55. The number of carbonyl (C=O) groups excluding carboxylic acids is 1. The molecule has 0 saturated carbocycles. The Labute approximate surface area is 150 Å². The van der Waals surface area contributed by atoms with Crippen molar-refractivity contribution in [3.8, 4) is 0 Å². The largest absolute Gasteiger partial charge is 0.367 e. The maximum absolute atomic E-state index is 12.5. The number of nitrogens with zero attached hydrogens (tertiary/aromatic N) is 2. The van der Waals surface area contributed by atoms with Crippen LogP contribution in [0.15, 0.2) is 38.8 Å². The molecule has 0 fully saturated rings. The van der Waals surface area contributed by atoms with Gasteiger partial charge in [0.2, 0.25) is 0 Å². The van der Waals surface area contributed by atoms with Gasteiger partial charge in [0, 0.05) is 18.7 Å². The van der Waals surface area contributed by atoms with Crippen LogP contribution in [0.3, 0.4) is 0 Å². The molecular formula is C16H12ClN3O6. The van der Waals surface area contributed by atoms with Crippen molar-refractivity contribution >= 4 is 28.9 Å². The molecular weight excluding hydrogens is 366 g/mol. The smallest absolute Gasteiger partial charge is 0.363 e. The van der Waals surface area contributed by atoms with Crippen LogP contribution in [0.1, 0.15) is 17.0 Å². The van der Waals surface area contributed by atoms with Crippen LogP contribution >= 0.6 is 11.6 Å². The van der Waals surface area contributed by atoms with E-state index in [1.807, 2.05) is 0 Å². The lowest BCUT2D eigenvalue weighted by Crippen LogP contribution is -2.34. The quantitative estimate of drug-likeness (QED) is 0.627. The highest BCUT2D eigenvalue weighted by Gasteiger charge is 2.40. The summed E-state index contributed by atoms with van der Waals surface area (Å²) in [6.07, 6.45) is 0. The van der Waals surface area contributed by atoms with E-state index in [0.717, 1.165) is 0 Å². The second-order valence-corrected chi connectivity index (χ2v) is 6.38. The number of halogens is 1. The number of benzene rings is 1. The number of nitro benzene ring substituents is 1.